The molecule has 1 fully saturated rings. The average Bonchev–Trinajstić information content (AvgIpc) is 2.50. The summed E-state index contributed by atoms with van der Waals surface area (Å²) in [6.07, 6.45) is 0.0188. The largest absolute Gasteiger partial charge is 0.471 e. The zero-order valence-corrected chi connectivity index (χ0v) is 13.7. The van der Waals surface area contributed by atoms with Crippen molar-refractivity contribution >= 4 is 11.6 Å². The number of amides is 1. The summed E-state index contributed by atoms with van der Waals surface area (Å²) in [5.41, 5.74) is 2.66. The molecule has 1 saturated heterocycles. The molecule has 0 aliphatic carbocycles. The van der Waals surface area contributed by atoms with Crippen LogP contribution in [0.15, 0.2) is 42.5 Å². The molecule has 2 aromatic rings. The number of benzene rings is 1. The normalized spacial score (nSPS) is 14.3. The van der Waals surface area contributed by atoms with E-state index >= 15 is 0 Å². The Bertz CT molecular complexity index is 709. The third kappa shape index (κ3) is 3.44. The Morgan fingerprint density at radius 3 is 2.65 bits per heavy atom. The quantitative estimate of drug-likeness (QED) is 0.869. The van der Waals surface area contributed by atoms with E-state index in [1.165, 1.54) is 0 Å². The summed E-state index contributed by atoms with van der Waals surface area (Å²) in [5.74, 6) is 0.669. The van der Waals surface area contributed by atoms with Crippen LogP contribution in [0.4, 0.5) is 5.69 Å². The summed E-state index contributed by atoms with van der Waals surface area (Å²) in [6.45, 7) is 3.13. The number of pyridine rings is 1. The van der Waals surface area contributed by atoms with Crippen molar-refractivity contribution in [3.8, 4) is 5.88 Å². The zero-order chi connectivity index (χ0) is 16.4. The fourth-order valence-electron chi connectivity index (χ4n) is 2.53. The van der Waals surface area contributed by atoms with E-state index in [0.717, 1.165) is 11.4 Å². The maximum atomic E-state index is 12.5. The van der Waals surface area contributed by atoms with Crippen LogP contribution in [-0.4, -0.2) is 49.1 Å². The van der Waals surface area contributed by atoms with Gasteiger partial charge in [-0.15, -0.1) is 0 Å². The molecule has 0 unspecified atom stereocenters. The van der Waals surface area contributed by atoms with E-state index in [2.05, 4.69) is 4.98 Å². The third-order valence-corrected chi connectivity index (χ3v) is 3.89. The van der Waals surface area contributed by atoms with Crippen molar-refractivity contribution < 1.29 is 9.53 Å². The van der Waals surface area contributed by atoms with Crippen molar-refractivity contribution in [2.75, 3.05) is 32.1 Å². The summed E-state index contributed by atoms with van der Waals surface area (Å²) in [4.78, 5) is 20.6. The molecule has 0 saturated carbocycles. The second-order valence-corrected chi connectivity index (χ2v) is 6.01. The predicted octanol–water partition coefficient (Wildman–Crippen LogP) is 2.36. The lowest BCUT2D eigenvalue weighted by Crippen LogP contribution is -2.56. The van der Waals surface area contributed by atoms with Crippen LogP contribution in [0.2, 0.25) is 0 Å². The second kappa shape index (κ2) is 6.28. The number of carbonyl (C=O) groups is 1. The van der Waals surface area contributed by atoms with E-state index in [9.17, 15) is 4.79 Å². The van der Waals surface area contributed by atoms with E-state index in [1.807, 2.05) is 68.4 Å². The van der Waals surface area contributed by atoms with Crippen LogP contribution in [0.3, 0.4) is 0 Å². The summed E-state index contributed by atoms with van der Waals surface area (Å²) in [5, 5.41) is 0. The molecule has 1 aromatic carbocycles. The molecular weight excluding hydrogens is 290 g/mol. The lowest BCUT2D eigenvalue weighted by molar-refractivity contribution is 0.0159. The van der Waals surface area contributed by atoms with Crippen molar-refractivity contribution in [1.29, 1.82) is 0 Å². The molecule has 120 valence electrons. The van der Waals surface area contributed by atoms with Crippen molar-refractivity contribution in [1.82, 2.24) is 9.88 Å². The molecule has 0 radical (unpaired) electrons. The van der Waals surface area contributed by atoms with Gasteiger partial charge in [0.2, 0.25) is 5.88 Å². The first-order valence-electron chi connectivity index (χ1n) is 7.70. The topological polar surface area (TPSA) is 45.7 Å². The molecule has 1 aromatic heterocycles. The lowest BCUT2D eigenvalue weighted by Gasteiger charge is -2.38. The van der Waals surface area contributed by atoms with Crippen LogP contribution in [0.25, 0.3) is 0 Å². The van der Waals surface area contributed by atoms with Crippen LogP contribution in [0.1, 0.15) is 16.1 Å². The van der Waals surface area contributed by atoms with Gasteiger partial charge in [-0.05, 0) is 31.2 Å². The third-order valence-electron chi connectivity index (χ3n) is 3.89. The van der Waals surface area contributed by atoms with E-state index in [-0.39, 0.29) is 12.0 Å². The minimum absolute atomic E-state index is 0.0188. The van der Waals surface area contributed by atoms with Gasteiger partial charge in [-0.25, -0.2) is 4.98 Å². The predicted molar refractivity (Wildman–Crippen MR) is 90.1 cm³/mol. The van der Waals surface area contributed by atoms with Gasteiger partial charge in [0.1, 0.15) is 6.10 Å². The SMILES string of the molecule is Cc1cccc(OC2CN(C(=O)c3cccc(N(C)C)c3)C2)n1. The molecule has 2 heterocycles. The number of ether oxygens (including phenoxy) is 1. The van der Waals surface area contributed by atoms with Gasteiger partial charge in [0.25, 0.3) is 5.91 Å². The molecule has 1 amide bonds. The highest BCUT2D eigenvalue weighted by atomic mass is 16.5. The van der Waals surface area contributed by atoms with Gasteiger partial charge in [-0.2, -0.15) is 0 Å². The highest BCUT2D eigenvalue weighted by Gasteiger charge is 2.33. The lowest BCUT2D eigenvalue weighted by atomic mass is 10.1. The fraction of sp³-hybridized carbons (Fsp3) is 0.333. The van der Waals surface area contributed by atoms with E-state index in [0.29, 0.717) is 24.5 Å². The molecule has 0 N–H and O–H groups in total. The van der Waals surface area contributed by atoms with Gasteiger partial charge >= 0.3 is 0 Å². The molecule has 0 spiro atoms. The van der Waals surface area contributed by atoms with Crippen molar-refractivity contribution in [3.05, 3.63) is 53.7 Å². The molecule has 1 aliphatic rings. The first kappa shape index (κ1) is 15.3. The van der Waals surface area contributed by atoms with Gasteiger partial charge in [0.15, 0.2) is 0 Å². The highest BCUT2D eigenvalue weighted by molar-refractivity contribution is 5.95. The number of carbonyl (C=O) groups excluding carboxylic acids is 1. The number of hydrogen-bond donors (Lipinski definition) is 0. The number of aryl methyl sites for hydroxylation is 1. The zero-order valence-electron chi connectivity index (χ0n) is 13.7. The second-order valence-electron chi connectivity index (χ2n) is 6.01. The Morgan fingerprint density at radius 1 is 1.22 bits per heavy atom. The summed E-state index contributed by atoms with van der Waals surface area (Å²) in [7, 11) is 3.93. The van der Waals surface area contributed by atoms with Crippen molar-refractivity contribution in [2.24, 2.45) is 0 Å². The molecule has 0 atom stereocenters. The minimum Gasteiger partial charge on any atom is -0.471 e. The van der Waals surface area contributed by atoms with E-state index < -0.39 is 0 Å². The first-order valence-corrected chi connectivity index (χ1v) is 7.70. The number of nitrogens with zero attached hydrogens (tertiary/aromatic N) is 3. The average molecular weight is 311 g/mol. The van der Waals surface area contributed by atoms with Gasteiger partial charge in [-0.1, -0.05) is 12.1 Å². The first-order chi connectivity index (χ1) is 11.0. The van der Waals surface area contributed by atoms with Crippen LogP contribution < -0.4 is 9.64 Å². The van der Waals surface area contributed by atoms with Gasteiger partial charge in [-0.3, -0.25) is 4.79 Å². The molecule has 0 bridgehead atoms. The number of anilines is 1. The van der Waals surface area contributed by atoms with Crippen LogP contribution in [-0.2, 0) is 0 Å². The number of likely N-dealkylation sites (tertiary alicyclic amines) is 1. The Balaban J connectivity index is 1.58. The minimum atomic E-state index is 0.0188. The molecule has 5 heteroatoms. The Labute approximate surface area is 136 Å². The van der Waals surface area contributed by atoms with Crippen molar-refractivity contribution in [2.45, 2.75) is 13.0 Å². The van der Waals surface area contributed by atoms with Gasteiger partial charge in [0, 0.05) is 37.1 Å². The summed E-state index contributed by atoms with van der Waals surface area (Å²) < 4.78 is 5.80. The Morgan fingerprint density at radius 2 is 1.96 bits per heavy atom. The van der Waals surface area contributed by atoms with Crippen LogP contribution in [0, 0.1) is 6.92 Å². The maximum absolute atomic E-state index is 12.5. The summed E-state index contributed by atoms with van der Waals surface area (Å²) in [6, 6.07) is 13.4. The molecule has 5 nitrogen and oxygen atoms in total. The van der Waals surface area contributed by atoms with Gasteiger partial charge in [0.05, 0.1) is 13.1 Å². The number of aromatic nitrogens is 1. The van der Waals surface area contributed by atoms with Crippen LogP contribution in [0.5, 0.6) is 5.88 Å². The smallest absolute Gasteiger partial charge is 0.254 e. The Kier molecular flexibility index (Phi) is 4.19. The number of rotatable bonds is 4. The number of hydrogen-bond acceptors (Lipinski definition) is 4. The molecular formula is C18H21N3O2. The standard InChI is InChI=1S/C18H21N3O2/c1-13-6-4-9-17(19-13)23-16-11-21(12-16)18(22)14-7-5-8-15(10-14)20(2)3/h4-10,16H,11-12H2,1-3H3. The fourth-order valence-corrected chi connectivity index (χ4v) is 2.53. The van der Waals surface area contributed by atoms with E-state index in [4.69, 9.17) is 4.74 Å². The van der Waals surface area contributed by atoms with E-state index in [1.54, 1.807) is 4.90 Å². The molecule has 23 heavy (non-hydrogen) atoms. The van der Waals surface area contributed by atoms with Crippen LogP contribution >= 0.6 is 0 Å². The summed E-state index contributed by atoms with van der Waals surface area (Å²) >= 11 is 0. The molecule has 1 aliphatic heterocycles. The molecule has 3 rings (SSSR count). The highest BCUT2D eigenvalue weighted by Crippen LogP contribution is 2.20. The maximum Gasteiger partial charge on any atom is 0.254 e. The van der Waals surface area contributed by atoms with Gasteiger partial charge < -0.3 is 14.5 Å². The Hall–Kier alpha value is -2.56. The monoisotopic (exact) mass is 311 g/mol. The van der Waals surface area contributed by atoms with Crippen molar-refractivity contribution in [3.63, 3.8) is 0 Å².